The quantitative estimate of drug-likeness (QED) is 0.853. The minimum absolute atomic E-state index is 0.239. The van der Waals surface area contributed by atoms with E-state index in [0.717, 1.165) is 5.75 Å². The number of methoxy groups -OCH3 is 1. The molecule has 24 heavy (non-hydrogen) atoms. The molecule has 0 heterocycles. The predicted molar refractivity (Wildman–Crippen MR) is 92.9 cm³/mol. The number of ether oxygens (including phenoxy) is 2. The largest absolute Gasteiger partial charge is 0.495 e. The summed E-state index contributed by atoms with van der Waals surface area (Å²) in [5, 5.41) is 5.44. The third kappa shape index (κ3) is 4.49. The molecular weight excluding hydrogens is 308 g/mol. The monoisotopic (exact) mass is 328 g/mol. The molecule has 0 atom stereocenters. The van der Waals surface area contributed by atoms with Gasteiger partial charge in [0.1, 0.15) is 11.5 Å². The third-order valence-corrected chi connectivity index (χ3v) is 3.20. The van der Waals surface area contributed by atoms with E-state index in [1.165, 1.54) is 14.0 Å². The highest BCUT2D eigenvalue weighted by Gasteiger charge is 2.11. The van der Waals surface area contributed by atoms with Gasteiger partial charge in [0.2, 0.25) is 5.91 Å². The average molecular weight is 328 g/mol. The van der Waals surface area contributed by atoms with Crippen LogP contribution in [-0.2, 0) is 4.79 Å². The fraction of sp³-hybridized carbons (Fsp3) is 0.222. The number of nitrogens with one attached hydrogen (secondary N) is 2. The summed E-state index contributed by atoms with van der Waals surface area (Å²) in [6.45, 7) is 3.89. The van der Waals surface area contributed by atoms with Crippen LogP contribution in [0.5, 0.6) is 11.5 Å². The molecule has 2 aromatic rings. The highest BCUT2D eigenvalue weighted by Crippen LogP contribution is 2.26. The van der Waals surface area contributed by atoms with Gasteiger partial charge in [-0.1, -0.05) is 0 Å². The molecule has 2 amide bonds. The van der Waals surface area contributed by atoms with E-state index in [4.69, 9.17) is 9.47 Å². The lowest BCUT2D eigenvalue weighted by Crippen LogP contribution is -2.13. The molecule has 0 fully saturated rings. The van der Waals surface area contributed by atoms with Crippen LogP contribution in [0.15, 0.2) is 42.5 Å². The van der Waals surface area contributed by atoms with Gasteiger partial charge in [0, 0.05) is 18.2 Å². The molecule has 0 aliphatic rings. The molecule has 0 spiro atoms. The maximum Gasteiger partial charge on any atom is 0.255 e. The van der Waals surface area contributed by atoms with E-state index in [1.54, 1.807) is 42.5 Å². The molecule has 6 nitrogen and oxygen atoms in total. The van der Waals surface area contributed by atoms with E-state index >= 15 is 0 Å². The minimum Gasteiger partial charge on any atom is -0.495 e. The molecule has 126 valence electrons. The van der Waals surface area contributed by atoms with Gasteiger partial charge in [0.25, 0.3) is 5.91 Å². The number of carbonyl (C=O) groups excluding carboxylic acids is 2. The van der Waals surface area contributed by atoms with Gasteiger partial charge in [0.15, 0.2) is 0 Å². The molecular formula is C18H20N2O4. The van der Waals surface area contributed by atoms with E-state index in [-0.39, 0.29) is 11.8 Å². The van der Waals surface area contributed by atoms with Crippen molar-refractivity contribution in [2.24, 2.45) is 0 Å². The van der Waals surface area contributed by atoms with Crippen molar-refractivity contribution >= 4 is 23.2 Å². The lowest BCUT2D eigenvalue weighted by molar-refractivity contribution is -0.114. The Morgan fingerprint density at radius 2 is 1.75 bits per heavy atom. The molecule has 2 aromatic carbocycles. The van der Waals surface area contributed by atoms with Crippen LogP contribution in [0.1, 0.15) is 24.2 Å². The summed E-state index contributed by atoms with van der Waals surface area (Å²) in [5.41, 5.74) is 1.51. The van der Waals surface area contributed by atoms with Gasteiger partial charge < -0.3 is 20.1 Å². The van der Waals surface area contributed by atoms with Crippen molar-refractivity contribution in [2.75, 3.05) is 24.4 Å². The van der Waals surface area contributed by atoms with Crippen molar-refractivity contribution in [3.05, 3.63) is 48.0 Å². The number of rotatable bonds is 6. The topological polar surface area (TPSA) is 76.7 Å². The summed E-state index contributed by atoms with van der Waals surface area (Å²) in [5.74, 6) is 0.710. The third-order valence-electron chi connectivity index (χ3n) is 3.20. The predicted octanol–water partition coefficient (Wildman–Crippen LogP) is 3.30. The summed E-state index contributed by atoms with van der Waals surface area (Å²) < 4.78 is 10.5. The Labute approximate surface area is 140 Å². The Bertz CT molecular complexity index is 726. The molecule has 0 bridgehead atoms. The first kappa shape index (κ1) is 17.3. The van der Waals surface area contributed by atoms with Crippen molar-refractivity contribution in [3.8, 4) is 11.5 Å². The number of anilines is 2. The van der Waals surface area contributed by atoms with E-state index in [2.05, 4.69) is 10.6 Å². The molecule has 0 aliphatic heterocycles. The van der Waals surface area contributed by atoms with Crippen LogP contribution in [0.3, 0.4) is 0 Å². The molecule has 0 unspecified atom stereocenters. The summed E-state index contributed by atoms with van der Waals surface area (Å²) in [7, 11) is 1.50. The van der Waals surface area contributed by atoms with Crippen LogP contribution < -0.4 is 20.1 Å². The van der Waals surface area contributed by atoms with Crippen LogP contribution in [0.2, 0.25) is 0 Å². The molecule has 0 saturated heterocycles. The number of carbonyl (C=O) groups is 2. The smallest absolute Gasteiger partial charge is 0.255 e. The summed E-state index contributed by atoms with van der Waals surface area (Å²) in [6, 6.07) is 11.9. The van der Waals surface area contributed by atoms with E-state index < -0.39 is 0 Å². The number of hydrogen-bond donors (Lipinski definition) is 2. The van der Waals surface area contributed by atoms with Gasteiger partial charge in [-0.15, -0.1) is 0 Å². The zero-order valence-corrected chi connectivity index (χ0v) is 13.9. The normalized spacial score (nSPS) is 9.96. The van der Waals surface area contributed by atoms with Gasteiger partial charge in [-0.2, -0.15) is 0 Å². The van der Waals surface area contributed by atoms with Gasteiger partial charge in [-0.05, 0) is 49.4 Å². The zero-order chi connectivity index (χ0) is 17.5. The Balaban J connectivity index is 2.15. The van der Waals surface area contributed by atoms with Crippen molar-refractivity contribution in [3.63, 3.8) is 0 Å². The lowest BCUT2D eigenvalue weighted by atomic mass is 10.1. The van der Waals surface area contributed by atoms with E-state index in [1.807, 2.05) is 6.92 Å². The molecule has 0 aliphatic carbocycles. The summed E-state index contributed by atoms with van der Waals surface area (Å²) >= 11 is 0. The first-order valence-electron chi connectivity index (χ1n) is 7.53. The minimum atomic E-state index is -0.284. The van der Waals surface area contributed by atoms with E-state index in [0.29, 0.717) is 29.3 Å². The van der Waals surface area contributed by atoms with Crippen LogP contribution >= 0.6 is 0 Å². The zero-order valence-electron chi connectivity index (χ0n) is 13.9. The van der Waals surface area contributed by atoms with Gasteiger partial charge in [-0.3, -0.25) is 9.59 Å². The fourth-order valence-electron chi connectivity index (χ4n) is 2.14. The van der Waals surface area contributed by atoms with Gasteiger partial charge in [0.05, 0.1) is 19.4 Å². The average Bonchev–Trinajstić information content (AvgIpc) is 2.56. The van der Waals surface area contributed by atoms with Crippen LogP contribution in [-0.4, -0.2) is 25.5 Å². The molecule has 6 heteroatoms. The first-order valence-corrected chi connectivity index (χ1v) is 7.53. The second-order valence-electron chi connectivity index (χ2n) is 5.01. The highest BCUT2D eigenvalue weighted by molar-refractivity contribution is 6.05. The maximum absolute atomic E-state index is 12.4. The van der Waals surface area contributed by atoms with Crippen LogP contribution in [0.25, 0.3) is 0 Å². The second kappa shape index (κ2) is 8.01. The molecule has 0 saturated carbocycles. The second-order valence-corrected chi connectivity index (χ2v) is 5.01. The van der Waals surface area contributed by atoms with Crippen LogP contribution in [0, 0.1) is 0 Å². The molecule has 2 N–H and O–H groups in total. The maximum atomic E-state index is 12.4. The van der Waals surface area contributed by atoms with Gasteiger partial charge in [-0.25, -0.2) is 0 Å². The van der Waals surface area contributed by atoms with Crippen molar-refractivity contribution in [2.45, 2.75) is 13.8 Å². The molecule has 0 radical (unpaired) electrons. The molecule has 0 aromatic heterocycles. The lowest BCUT2D eigenvalue weighted by Gasteiger charge is -2.11. The van der Waals surface area contributed by atoms with Crippen molar-refractivity contribution < 1.29 is 19.1 Å². The number of hydrogen-bond acceptors (Lipinski definition) is 4. The number of benzene rings is 2. The standard InChI is InChI=1S/C18H20N2O4/c1-4-24-15-8-6-14(7-9-15)20-18(22)13-5-10-17(23-3)16(11-13)19-12(2)21/h5-11H,4H2,1-3H3,(H,19,21)(H,20,22). The Morgan fingerprint density at radius 3 is 2.33 bits per heavy atom. The van der Waals surface area contributed by atoms with Crippen molar-refractivity contribution in [1.82, 2.24) is 0 Å². The summed E-state index contributed by atoms with van der Waals surface area (Å²) in [6.07, 6.45) is 0. The Kier molecular flexibility index (Phi) is 5.78. The Hall–Kier alpha value is -3.02. The Morgan fingerprint density at radius 1 is 1.04 bits per heavy atom. The van der Waals surface area contributed by atoms with E-state index in [9.17, 15) is 9.59 Å². The number of amides is 2. The van der Waals surface area contributed by atoms with Crippen LogP contribution in [0.4, 0.5) is 11.4 Å². The van der Waals surface area contributed by atoms with Crippen molar-refractivity contribution in [1.29, 1.82) is 0 Å². The summed E-state index contributed by atoms with van der Waals surface area (Å²) in [4.78, 5) is 23.6. The van der Waals surface area contributed by atoms with Gasteiger partial charge >= 0.3 is 0 Å². The highest BCUT2D eigenvalue weighted by atomic mass is 16.5. The fourth-order valence-corrected chi connectivity index (χ4v) is 2.14. The SMILES string of the molecule is CCOc1ccc(NC(=O)c2ccc(OC)c(NC(C)=O)c2)cc1. The first-order chi connectivity index (χ1) is 11.5. The molecule has 2 rings (SSSR count).